The zero-order valence-corrected chi connectivity index (χ0v) is 17.0. The zero-order chi connectivity index (χ0) is 19.8. The number of hydrogen-bond acceptors (Lipinski definition) is 4. The zero-order valence-electron chi connectivity index (χ0n) is 17.0. The SMILES string of the molecule is Cc1cc(C)c2oc(C(=O)Nc3ccccc3N3CCN(C)CC3)c(C)c2c1. The van der Waals surface area contributed by atoms with Gasteiger partial charge in [0.05, 0.1) is 11.4 Å². The van der Waals surface area contributed by atoms with Gasteiger partial charge in [-0.1, -0.05) is 18.2 Å². The van der Waals surface area contributed by atoms with Crippen molar-refractivity contribution in [1.82, 2.24) is 4.90 Å². The van der Waals surface area contributed by atoms with E-state index in [1.807, 2.05) is 32.0 Å². The summed E-state index contributed by atoms with van der Waals surface area (Å²) in [5.74, 6) is 0.184. The van der Waals surface area contributed by atoms with Crippen LogP contribution in [0.25, 0.3) is 11.0 Å². The summed E-state index contributed by atoms with van der Waals surface area (Å²) in [6.45, 7) is 9.96. The first-order valence-electron chi connectivity index (χ1n) is 9.78. The maximum Gasteiger partial charge on any atom is 0.291 e. The van der Waals surface area contributed by atoms with Crippen LogP contribution in [0.3, 0.4) is 0 Å². The van der Waals surface area contributed by atoms with Gasteiger partial charge in [0.25, 0.3) is 5.91 Å². The molecular weight excluding hydrogens is 350 g/mol. The first kappa shape index (κ1) is 18.6. The van der Waals surface area contributed by atoms with Crippen molar-refractivity contribution in [3.05, 3.63) is 58.8 Å². The topological polar surface area (TPSA) is 48.7 Å². The summed E-state index contributed by atoms with van der Waals surface area (Å²) in [7, 11) is 2.14. The molecule has 0 radical (unpaired) electrons. The first-order valence-corrected chi connectivity index (χ1v) is 9.78. The minimum Gasteiger partial charge on any atom is -0.450 e. The minimum atomic E-state index is -0.202. The molecule has 28 heavy (non-hydrogen) atoms. The number of carbonyl (C=O) groups is 1. The van der Waals surface area contributed by atoms with Crippen LogP contribution in [0.4, 0.5) is 11.4 Å². The van der Waals surface area contributed by atoms with Gasteiger partial charge in [-0.2, -0.15) is 0 Å². The molecule has 0 unspecified atom stereocenters. The number of hydrogen-bond donors (Lipinski definition) is 1. The Morgan fingerprint density at radius 2 is 1.75 bits per heavy atom. The van der Waals surface area contributed by atoms with E-state index >= 15 is 0 Å². The lowest BCUT2D eigenvalue weighted by atomic mass is 10.1. The number of nitrogens with zero attached hydrogens (tertiary/aromatic N) is 2. The quantitative estimate of drug-likeness (QED) is 0.737. The van der Waals surface area contributed by atoms with Gasteiger partial charge in [-0.25, -0.2) is 0 Å². The van der Waals surface area contributed by atoms with Crippen LogP contribution in [0.15, 0.2) is 40.8 Å². The monoisotopic (exact) mass is 377 g/mol. The predicted molar refractivity (Wildman–Crippen MR) is 115 cm³/mol. The highest BCUT2D eigenvalue weighted by Crippen LogP contribution is 2.31. The van der Waals surface area contributed by atoms with E-state index in [2.05, 4.69) is 47.3 Å². The second kappa shape index (κ2) is 7.32. The van der Waals surface area contributed by atoms with Crippen molar-refractivity contribution >= 4 is 28.3 Å². The van der Waals surface area contributed by atoms with Gasteiger partial charge >= 0.3 is 0 Å². The van der Waals surface area contributed by atoms with Gasteiger partial charge in [0.2, 0.25) is 0 Å². The second-order valence-electron chi connectivity index (χ2n) is 7.78. The molecule has 1 fully saturated rings. The Balaban J connectivity index is 1.64. The Kier molecular flexibility index (Phi) is 4.85. The van der Waals surface area contributed by atoms with Crippen molar-refractivity contribution in [2.24, 2.45) is 0 Å². The van der Waals surface area contributed by atoms with Crippen LogP contribution in [-0.4, -0.2) is 44.0 Å². The third-order valence-electron chi connectivity index (χ3n) is 5.57. The van der Waals surface area contributed by atoms with Crippen molar-refractivity contribution < 1.29 is 9.21 Å². The van der Waals surface area contributed by atoms with Gasteiger partial charge in [-0.15, -0.1) is 0 Å². The minimum absolute atomic E-state index is 0.202. The third kappa shape index (κ3) is 3.38. The van der Waals surface area contributed by atoms with Crippen molar-refractivity contribution in [2.45, 2.75) is 20.8 Å². The number of likely N-dealkylation sites (N-methyl/N-ethyl adjacent to an activating group) is 1. The van der Waals surface area contributed by atoms with Crippen LogP contribution in [0.2, 0.25) is 0 Å². The van der Waals surface area contributed by atoms with Gasteiger partial charge < -0.3 is 19.5 Å². The number of aryl methyl sites for hydroxylation is 3. The van der Waals surface area contributed by atoms with Crippen LogP contribution < -0.4 is 10.2 Å². The number of nitrogens with one attached hydrogen (secondary N) is 1. The summed E-state index contributed by atoms with van der Waals surface area (Å²) in [4.78, 5) is 17.7. The number of piperazine rings is 1. The van der Waals surface area contributed by atoms with Crippen molar-refractivity contribution in [1.29, 1.82) is 0 Å². The van der Waals surface area contributed by atoms with Crippen LogP contribution in [0, 0.1) is 20.8 Å². The first-order chi connectivity index (χ1) is 13.4. The maximum atomic E-state index is 13.1. The highest BCUT2D eigenvalue weighted by Gasteiger charge is 2.22. The van der Waals surface area contributed by atoms with Gasteiger partial charge in [-0.3, -0.25) is 4.79 Å². The lowest BCUT2D eigenvalue weighted by Crippen LogP contribution is -2.44. The fourth-order valence-electron chi connectivity index (χ4n) is 3.97. The molecule has 2 heterocycles. The van der Waals surface area contributed by atoms with E-state index < -0.39 is 0 Å². The number of amides is 1. The molecule has 1 amide bonds. The molecule has 0 bridgehead atoms. The average molecular weight is 377 g/mol. The number of furan rings is 1. The summed E-state index contributed by atoms with van der Waals surface area (Å²) in [6, 6.07) is 12.2. The van der Waals surface area contributed by atoms with Gasteiger partial charge in [0.1, 0.15) is 5.58 Å². The molecule has 3 aromatic rings. The number of anilines is 2. The Morgan fingerprint density at radius 1 is 1.04 bits per heavy atom. The molecular formula is C23H27N3O2. The Hall–Kier alpha value is -2.79. The van der Waals surface area contributed by atoms with Gasteiger partial charge in [0, 0.05) is 37.1 Å². The molecule has 0 aliphatic carbocycles. The van der Waals surface area contributed by atoms with E-state index in [0.29, 0.717) is 5.76 Å². The highest BCUT2D eigenvalue weighted by molar-refractivity contribution is 6.08. The molecule has 146 valence electrons. The van der Waals surface area contributed by atoms with E-state index in [1.165, 1.54) is 5.56 Å². The number of para-hydroxylation sites is 2. The van der Waals surface area contributed by atoms with E-state index in [9.17, 15) is 4.79 Å². The normalized spacial score (nSPS) is 15.2. The molecule has 0 saturated carbocycles. The summed E-state index contributed by atoms with van der Waals surface area (Å²) < 4.78 is 5.99. The molecule has 1 aromatic heterocycles. The summed E-state index contributed by atoms with van der Waals surface area (Å²) in [5, 5.41) is 4.09. The number of fused-ring (bicyclic) bond motifs is 1. The van der Waals surface area contributed by atoms with Crippen molar-refractivity contribution in [2.75, 3.05) is 43.4 Å². The lowest BCUT2D eigenvalue weighted by molar-refractivity contribution is 0.0998. The van der Waals surface area contributed by atoms with Gasteiger partial charge in [0.15, 0.2) is 5.76 Å². The van der Waals surface area contributed by atoms with Gasteiger partial charge in [-0.05, 0) is 57.1 Å². The molecule has 1 saturated heterocycles. The average Bonchev–Trinajstić information content (AvgIpc) is 3.00. The maximum absolute atomic E-state index is 13.1. The molecule has 1 N–H and O–H groups in total. The standard InChI is InChI=1S/C23H27N3O2/c1-15-13-16(2)21-18(14-15)17(3)22(28-21)23(27)24-19-7-5-6-8-20(19)26-11-9-25(4)10-12-26/h5-8,13-14H,9-12H2,1-4H3,(H,24,27). The highest BCUT2D eigenvalue weighted by atomic mass is 16.3. The molecule has 5 nitrogen and oxygen atoms in total. The Bertz CT molecular complexity index is 1030. The molecule has 4 rings (SSSR count). The largest absolute Gasteiger partial charge is 0.450 e. The van der Waals surface area contributed by atoms with E-state index in [-0.39, 0.29) is 5.91 Å². The Labute approximate surface area is 165 Å². The van der Waals surface area contributed by atoms with Crippen LogP contribution in [0.5, 0.6) is 0 Å². The molecule has 2 aromatic carbocycles. The summed E-state index contributed by atoms with van der Waals surface area (Å²) >= 11 is 0. The third-order valence-corrected chi connectivity index (χ3v) is 5.57. The van der Waals surface area contributed by atoms with E-state index in [0.717, 1.165) is 59.6 Å². The van der Waals surface area contributed by atoms with E-state index in [1.54, 1.807) is 0 Å². The molecule has 5 heteroatoms. The second-order valence-corrected chi connectivity index (χ2v) is 7.78. The number of carbonyl (C=O) groups excluding carboxylic acids is 1. The Morgan fingerprint density at radius 3 is 2.50 bits per heavy atom. The van der Waals surface area contributed by atoms with Crippen molar-refractivity contribution in [3.63, 3.8) is 0 Å². The van der Waals surface area contributed by atoms with Crippen LogP contribution >= 0.6 is 0 Å². The molecule has 1 aliphatic rings. The number of benzene rings is 2. The molecule has 0 atom stereocenters. The fourth-order valence-corrected chi connectivity index (χ4v) is 3.97. The van der Waals surface area contributed by atoms with Crippen LogP contribution in [-0.2, 0) is 0 Å². The fraction of sp³-hybridized carbons (Fsp3) is 0.348. The molecule has 1 aliphatic heterocycles. The van der Waals surface area contributed by atoms with Crippen LogP contribution in [0.1, 0.15) is 27.2 Å². The molecule has 0 spiro atoms. The van der Waals surface area contributed by atoms with Crippen molar-refractivity contribution in [3.8, 4) is 0 Å². The van der Waals surface area contributed by atoms with E-state index in [4.69, 9.17) is 4.42 Å². The number of rotatable bonds is 3. The lowest BCUT2D eigenvalue weighted by Gasteiger charge is -2.35. The summed E-state index contributed by atoms with van der Waals surface area (Å²) in [6.07, 6.45) is 0. The predicted octanol–water partition coefficient (Wildman–Crippen LogP) is 4.36. The summed E-state index contributed by atoms with van der Waals surface area (Å²) in [5.41, 5.74) is 5.78. The smallest absolute Gasteiger partial charge is 0.291 e.